The number of hydrogen-bond acceptors (Lipinski definition) is 3. The molecule has 0 radical (unpaired) electrons. The maximum absolute atomic E-state index is 9.99. The fourth-order valence-electron chi connectivity index (χ4n) is 2.50. The van der Waals surface area contributed by atoms with Crippen molar-refractivity contribution in [3.05, 3.63) is 48.5 Å². The van der Waals surface area contributed by atoms with Gasteiger partial charge in [0.25, 0.3) is 0 Å². The van der Waals surface area contributed by atoms with Gasteiger partial charge < -0.3 is 15.4 Å². The van der Waals surface area contributed by atoms with Crippen LogP contribution in [0.1, 0.15) is 32.6 Å². The number of aromatic amines is 1. The molecule has 0 saturated heterocycles. The van der Waals surface area contributed by atoms with Crippen LogP contribution >= 0.6 is 0 Å². The number of unbranched alkanes of at least 4 members (excludes halogenated alkanes) is 3. The molecule has 0 spiro atoms. The topological polar surface area (TPSA) is 73.3 Å². The molecule has 1 aromatic heterocycles. The van der Waals surface area contributed by atoms with Crippen molar-refractivity contribution < 1.29 is 5.11 Å². The molecule has 5 heteroatoms. The van der Waals surface area contributed by atoms with Gasteiger partial charge >= 0.3 is 0 Å². The standard InChI is InChI=1S/C21H22N4O/c1-2-3-4-5-6-15-20(22-18-13-9-10-14-19(18)26)25-21-23-16-11-7-8-12-17(16)24-21/h7-14,26H,2-5H2,1H3,(H2,22,23,24,25). The molecule has 26 heavy (non-hydrogen) atoms. The van der Waals surface area contributed by atoms with Gasteiger partial charge in [-0.15, -0.1) is 0 Å². The van der Waals surface area contributed by atoms with E-state index >= 15 is 0 Å². The molecule has 0 fully saturated rings. The van der Waals surface area contributed by atoms with E-state index in [4.69, 9.17) is 0 Å². The van der Waals surface area contributed by atoms with Crippen molar-refractivity contribution in [2.75, 3.05) is 5.32 Å². The molecule has 0 amide bonds. The first kappa shape index (κ1) is 17.6. The van der Waals surface area contributed by atoms with Gasteiger partial charge in [-0.3, -0.25) is 0 Å². The number of nitrogens with one attached hydrogen (secondary N) is 2. The molecular weight excluding hydrogens is 324 g/mol. The van der Waals surface area contributed by atoms with E-state index in [0.29, 0.717) is 17.5 Å². The summed E-state index contributed by atoms with van der Waals surface area (Å²) in [5.74, 6) is 7.29. The van der Waals surface area contributed by atoms with E-state index in [1.807, 2.05) is 30.3 Å². The van der Waals surface area contributed by atoms with E-state index < -0.39 is 0 Å². The van der Waals surface area contributed by atoms with E-state index in [1.165, 1.54) is 0 Å². The zero-order valence-electron chi connectivity index (χ0n) is 14.8. The normalized spacial score (nSPS) is 11.2. The van der Waals surface area contributed by atoms with Crippen molar-refractivity contribution in [1.29, 1.82) is 0 Å². The molecule has 0 aliphatic carbocycles. The summed E-state index contributed by atoms with van der Waals surface area (Å²) < 4.78 is 0. The van der Waals surface area contributed by atoms with Gasteiger partial charge in [0.2, 0.25) is 5.95 Å². The number of fused-ring (bicyclic) bond motifs is 1. The Morgan fingerprint density at radius 1 is 1.15 bits per heavy atom. The Bertz CT molecular complexity index is 930. The van der Waals surface area contributed by atoms with Crippen LogP contribution in [-0.2, 0) is 0 Å². The number of nitrogens with zero attached hydrogens (tertiary/aromatic N) is 2. The van der Waals surface area contributed by atoms with Crippen LogP contribution in [0.5, 0.6) is 5.75 Å². The Hall–Kier alpha value is -3.26. The third-order valence-electron chi connectivity index (χ3n) is 3.86. The lowest BCUT2D eigenvalue weighted by atomic mass is 10.2. The summed E-state index contributed by atoms with van der Waals surface area (Å²) >= 11 is 0. The molecule has 132 valence electrons. The van der Waals surface area contributed by atoms with Crippen molar-refractivity contribution in [3.8, 4) is 17.6 Å². The van der Waals surface area contributed by atoms with E-state index in [0.717, 1.165) is 36.7 Å². The molecular formula is C21H22N4O. The summed E-state index contributed by atoms with van der Waals surface area (Å²) in [4.78, 5) is 12.1. The van der Waals surface area contributed by atoms with E-state index in [-0.39, 0.29) is 5.75 Å². The minimum Gasteiger partial charge on any atom is -0.506 e. The summed E-state index contributed by atoms with van der Waals surface area (Å²) in [6.45, 7) is 2.17. The van der Waals surface area contributed by atoms with Crippen LogP contribution in [0.3, 0.4) is 0 Å². The van der Waals surface area contributed by atoms with Crippen molar-refractivity contribution in [1.82, 2.24) is 9.97 Å². The minimum atomic E-state index is 0.151. The fraction of sp³-hybridized carbons (Fsp3) is 0.238. The van der Waals surface area contributed by atoms with Crippen LogP contribution in [0, 0.1) is 11.8 Å². The number of rotatable bonds is 5. The molecule has 5 nitrogen and oxygen atoms in total. The molecule has 0 unspecified atom stereocenters. The number of aliphatic imine (C=N–C) groups is 1. The van der Waals surface area contributed by atoms with Crippen LogP contribution in [0.15, 0.2) is 53.5 Å². The Morgan fingerprint density at radius 3 is 2.77 bits per heavy atom. The van der Waals surface area contributed by atoms with Crippen LogP contribution in [0.25, 0.3) is 11.0 Å². The molecule has 1 heterocycles. The number of amidine groups is 1. The van der Waals surface area contributed by atoms with Crippen molar-refractivity contribution >= 4 is 28.5 Å². The monoisotopic (exact) mass is 346 g/mol. The number of aromatic nitrogens is 2. The maximum Gasteiger partial charge on any atom is 0.230 e. The van der Waals surface area contributed by atoms with Gasteiger partial charge in [-0.05, 0) is 36.6 Å². The van der Waals surface area contributed by atoms with E-state index in [1.54, 1.807) is 18.2 Å². The average Bonchev–Trinajstić information content (AvgIpc) is 3.05. The number of anilines is 1. The lowest BCUT2D eigenvalue weighted by molar-refractivity contribution is 0.478. The van der Waals surface area contributed by atoms with Gasteiger partial charge in [-0.1, -0.05) is 50.0 Å². The fourth-order valence-corrected chi connectivity index (χ4v) is 2.50. The van der Waals surface area contributed by atoms with Crippen LogP contribution in [-0.4, -0.2) is 20.9 Å². The first-order chi connectivity index (χ1) is 12.8. The number of aromatic hydroxyl groups is 1. The van der Waals surface area contributed by atoms with Crippen LogP contribution in [0.4, 0.5) is 11.6 Å². The predicted molar refractivity (Wildman–Crippen MR) is 107 cm³/mol. The second-order valence-electron chi connectivity index (χ2n) is 5.94. The number of phenols is 1. The van der Waals surface area contributed by atoms with Gasteiger partial charge in [0, 0.05) is 6.42 Å². The number of H-pyrrole nitrogens is 1. The zero-order chi connectivity index (χ0) is 18.2. The summed E-state index contributed by atoms with van der Waals surface area (Å²) in [5.41, 5.74) is 2.33. The Labute approximate surface area is 153 Å². The van der Waals surface area contributed by atoms with Crippen molar-refractivity contribution in [2.45, 2.75) is 32.6 Å². The minimum absolute atomic E-state index is 0.151. The summed E-state index contributed by atoms with van der Waals surface area (Å²) in [6, 6.07) is 14.8. The largest absolute Gasteiger partial charge is 0.506 e. The quantitative estimate of drug-likeness (QED) is 0.200. The van der Waals surface area contributed by atoms with Crippen LogP contribution in [0.2, 0.25) is 0 Å². The lowest BCUT2D eigenvalue weighted by Crippen LogP contribution is -2.09. The Morgan fingerprint density at radius 2 is 1.96 bits per heavy atom. The van der Waals surface area contributed by atoms with Gasteiger partial charge in [0.05, 0.1) is 16.7 Å². The summed E-state index contributed by atoms with van der Waals surface area (Å²) in [6.07, 6.45) is 4.21. The second kappa shape index (κ2) is 8.72. The first-order valence-electron chi connectivity index (χ1n) is 8.83. The molecule has 3 aromatic rings. The Balaban J connectivity index is 1.87. The smallest absolute Gasteiger partial charge is 0.230 e. The zero-order valence-corrected chi connectivity index (χ0v) is 14.8. The molecule has 0 aliphatic rings. The number of para-hydroxylation sites is 4. The molecule has 0 atom stereocenters. The SMILES string of the molecule is CCCCCC#C/C(=N/c1nc2ccccc2[nH]1)Nc1ccccc1O. The number of imidazole rings is 1. The molecule has 3 rings (SSSR count). The lowest BCUT2D eigenvalue weighted by Gasteiger charge is -2.06. The third-order valence-corrected chi connectivity index (χ3v) is 3.86. The number of hydrogen-bond donors (Lipinski definition) is 3. The van der Waals surface area contributed by atoms with Crippen molar-refractivity contribution in [3.63, 3.8) is 0 Å². The highest BCUT2D eigenvalue weighted by Crippen LogP contribution is 2.22. The molecule has 0 aliphatic heterocycles. The predicted octanol–water partition coefficient (Wildman–Crippen LogP) is 4.99. The average molecular weight is 346 g/mol. The summed E-state index contributed by atoms with van der Waals surface area (Å²) in [7, 11) is 0. The van der Waals surface area contributed by atoms with Gasteiger partial charge in [-0.25, -0.2) is 4.98 Å². The highest BCUT2D eigenvalue weighted by molar-refractivity contribution is 6.09. The third kappa shape index (κ3) is 4.64. The van der Waals surface area contributed by atoms with E-state index in [9.17, 15) is 5.11 Å². The van der Waals surface area contributed by atoms with Gasteiger partial charge in [0.15, 0.2) is 5.84 Å². The number of benzene rings is 2. The van der Waals surface area contributed by atoms with Crippen molar-refractivity contribution in [2.24, 2.45) is 4.99 Å². The van der Waals surface area contributed by atoms with Crippen LogP contribution < -0.4 is 5.32 Å². The highest BCUT2D eigenvalue weighted by atomic mass is 16.3. The molecule has 3 N–H and O–H groups in total. The molecule has 2 aromatic carbocycles. The molecule has 0 bridgehead atoms. The maximum atomic E-state index is 9.99. The van der Waals surface area contributed by atoms with Gasteiger partial charge in [-0.2, -0.15) is 4.99 Å². The van der Waals surface area contributed by atoms with E-state index in [2.05, 4.69) is 39.0 Å². The molecule has 0 saturated carbocycles. The Kier molecular flexibility index (Phi) is 5.89. The first-order valence-corrected chi connectivity index (χ1v) is 8.83. The van der Waals surface area contributed by atoms with Gasteiger partial charge in [0.1, 0.15) is 5.75 Å². The highest BCUT2D eigenvalue weighted by Gasteiger charge is 2.05. The summed E-state index contributed by atoms with van der Waals surface area (Å²) in [5, 5.41) is 13.1. The second-order valence-corrected chi connectivity index (χ2v) is 5.94. The number of phenolic OH excluding ortho intramolecular Hbond substituents is 1.